The number of hydrogen-bond donors (Lipinski definition) is 4. The van der Waals surface area contributed by atoms with Gasteiger partial charge in [-0.25, -0.2) is 9.59 Å². The number of carbonyl (C=O) groups is 5. The van der Waals surface area contributed by atoms with Gasteiger partial charge >= 0.3 is 17.9 Å². The van der Waals surface area contributed by atoms with Gasteiger partial charge in [-0.1, -0.05) is 87.5 Å². The number of carbonyl (C=O) groups excluding carboxylic acids is 5. The largest absolute Gasteiger partial charge is 0.456 e. The molecule has 3 aromatic carbocycles. The zero-order valence-electron chi connectivity index (χ0n) is 33.9. The standard InChI is InChI=1S/C46H51NO12/c1-25-30(58-42(54)35(50)34(27-16-10-7-11-17-27)47-40(52)28-18-12-8-13-19-28)23-46(55)39(59-41(53)29-20-14-9-15-21-29)37-44(5)24-56-32(44)22-31(49)45(37,6)38(51)36(57-26(2)48)33(25)43(46,3)4/h7-21,30-32,34-37,39,49-50,55H,22-24H2,1-6H3,(H,47,52)/t30-,31-,32+,34-,35+,36+,37?,39?,44+,45+,46+/m0/s1. The molecule has 13 heteroatoms. The first-order chi connectivity index (χ1) is 27.9. The Bertz CT molecular complexity index is 2160. The normalized spacial score (nSPS) is 33.0. The van der Waals surface area contributed by atoms with Crippen molar-refractivity contribution >= 4 is 29.6 Å². The molecule has 4 N–H and O–H groups in total. The highest BCUT2D eigenvalue weighted by atomic mass is 16.6. The van der Waals surface area contributed by atoms with E-state index in [0.29, 0.717) is 5.56 Å². The predicted octanol–water partition coefficient (Wildman–Crippen LogP) is 4.44. The number of benzene rings is 3. The molecule has 1 heterocycles. The quantitative estimate of drug-likeness (QED) is 0.135. The minimum atomic E-state index is -2.19. The molecule has 312 valence electrons. The molecular formula is C46H51NO12. The van der Waals surface area contributed by atoms with E-state index in [1.54, 1.807) is 119 Å². The van der Waals surface area contributed by atoms with E-state index in [2.05, 4.69) is 5.32 Å². The number of esters is 3. The minimum absolute atomic E-state index is 0.0583. The van der Waals surface area contributed by atoms with Gasteiger partial charge in [0.15, 0.2) is 18.0 Å². The lowest BCUT2D eigenvalue weighted by Crippen LogP contribution is -2.78. The summed E-state index contributed by atoms with van der Waals surface area (Å²) in [6.45, 7) is 9.54. The van der Waals surface area contributed by atoms with Crippen molar-refractivity contribution in [3.8, 4) is 0 Å². The first kappa shape index (κ1) is 41.9. The van der Waals surface area contributed by atoms with Gasteiger partial charge in [-0.15, -0.1) is 0 Å². The van der Waals surface area contributed by atoms with Crippen LogP contribution in [-0.4, -0.2) is 93.7 Å². The molecule has 2 saturated carbocycles. The summed E-state index contributed by atoms with van der Waals surface area (Å²) in [6.07, 6.45) is -8.86. The molecule has 3 aromatic rings. The van der Waals surface area contributed by atoms with E-state index in [1.807, 2.05) is 6.92 Å². The molecular weight excluding hydrogens is 759 g/mol. The highest BCUT2D eigenvalue weighted by Gasteiger charge is 2.75. The van der Waals surface area contributed by atoms with Crippen molar-refractivity contribution in [2.24, 2.45) is 22.2 Å². The van der Waals surface area contributed by atoms with E-state index in [0.717, 1.165) is 6.92 Å². The van der Waals surface area contributed by atoms with Crippen LogP contribution in [0.5, 0.6) is 0 Å². The molecule has 3 aliphatic carbocycles. The second-order valence-electron chi connectivity index (χ2n) is 17.3. The van der Waals surface area contributed by atoms with E-state index in [-0.39, 0.29) is 35.3 Å². The van der Waals surface area contributed by atoms with Gasteiger partial charge in [0.1, 0.15) is 17.8 Å². The fourth-order valence-corrected chi connectivity index (χ4v) is 10.2. The Morgan fingerprint density at radius 3 is 1.98 bits per heavy atom. The first-order valence-corrected chi connectivity index (χ1v) is 19.9. The molecule has 13 nitrogen and oxygen atoms in total. The summed E-state index contributed by atoms with van der Waals surface area (Å²) in [5, 5.41) is 40.0. The molecule has 4 aliphatic rings. The monoisotopic (exact) mass is 809 g/mol. The number of amides is 1. The van der Waals surface area contributed by atoms with Gasteiger partial charge in [-0.05, 0) is 54.8 Å². The van der Waals surface area contributed by atoms with Crippen LogP contribution in [0.1, 0.15) is 86.7 Å². The van der Waals surface area contributed by atoms with Crippen molar-refractivity contribution in [3.63, 3.8) is 0 Å². The highest BCUT2D eigenvalue weighted by molar-refractivity contribution is 5.96. The third-order valence-electron chi connectivity index (χ3n) is 13.6. The van der Waals surface area contributed by atoms with Gasteiger partial charge in [0.25, 0.3) is 5.91 Å². The fraction of sp³-hybridized carbons (Fsp3) is 0.457. The number of rotatable bonds is 9. The van der Waals surface area contributed by atoms with Gasteiger partial charge in [-0.3, -0.25) is 14.4 Å². The number of ether oxygens (including phenoxy) is 4. The lowest BCUT2D eigenvalue weighted by molar-refractivity contribution is -0.313. The number of hydrogen-bond acceptors (Lipinski definition) is 12. The minimum Gasteiger partial charge on any atom is -0.456 e. The summed E-state index contributed by atoms with van der Waals surface area (Å²) in [7, 11) is 0. The number of Topliss-reactive ketones (excluding diaryl/α,β-unsaturated/α-hetero) is 1. The van der Waals surface area contributed by atoms with Crippen LogP contribution in [0.25, 0.3) is 0 Å². The zero-order valence-corrected chi connectivity index (χ0v) is 33.9. The number of fused-ring (bicyclic) bond motifs is 5. The number of ketones is 1. The van der Waals surface area contributed by atoms with Crippen molar-refractivity contribution in [2.75, 3.05) is 6.61 Å². The maximum Gasteiger partial charge on any atom is 0.338 e. The average Bonchev–Trinajstić information content (AvgIpc) is 3.21. The Morgan fingerprint density at radius 2 is 1.42 bits per heavy atom. The predicted molar refractivity (Wildman–Crippen MR) is 211 cm³/mol. The van der Waals surface area contributed by atoms with E-state index >= 15 is 4.79 Å². The van der Waals surface area contributed by atoms with Gasteiger partial charge in [0.2, 0.25) is 0 Å². The molecule has 0 spiro atoms. The van der Waals surface area contributed by atoms with Gasteiger partial charge in [-0.2, -0.15) is 0 Å². The highest BCUT2D eigenvalue weighted by Crippen LogP contribution is 2.66. The van der Waals surface area contributed by atoms with E-state index in [4.69, 9.17) is 18.9 Å². The summed E-state index contributed by atoms with van der Waals surface area (Å²) in [5.41, 5.74) is -5.19. The maximum atomic E-state index is 15.3. The van der Waals surface area contributed by atoms with Gasteiger partial charge < -0.3 is 39.6 Å². The summed E-state index contributed by atoms with van der Waals surface area (Å²) in [4.78, 5) is 70.0. The number of aliphatic hydroxyl groups is 3. The second kappa shape index (κ2) is 15.4. The van der Waals surface area contributed by atoms with Gasteiger partial charge in [0, 0.05) is 42.1 Å². The Labute approximate surface area is 342 Å². The third kappa shape index (κ3) is 6.87. The van der Waals surface area contributed by atoms with E-state index < -0.39 is 106 Å². The fourth-order valence-electron chi connectivity index (χ4n) is 10.2. The van der Waals surface area contributed by atoms with E-state index in [1.165, 1.54) is 0 Å². The van der Waals surface area contributed by atoms with Crippen molar-refractivity contribution in [1.82, 2.24) is 5.32 Å². The topological polar surface area (TPSA) is 195 Å². The van der Waals surface area contributed by atoms with Crippen LogP contribution in [0.2, 0.25) is 0 Å². The van der Waals surface area contributed by atoms with Crippen LogP contribution in [0.3, 0.4) is 0 Å². The maximum absolute atomic E-state index is 15.3. The van der Waals surface area contributed by atoms with Crippen molar-refractivity contribution in [2.45, 2.75) is 103 Å². The molecule has 3 fully saturated rings. The Hall–Kier alpha value is -5.21. The van der Waals surface area contributed by atoms with Crippen LogP contribution in [-0.2, 0) is 33.3 Å². The Kier molecular flexibility index (Phi) is 11.0. The van der Waals surface area contributed by atoms with Crippen LogP contribution in [0.15, 0.2) is 102 Å². The first-order valence-electron chi connectivity index (χ1n) is 19.9. The van der Waals surface area contributed by atoms with Crippen molar-refractivity contribution in [1.29, 1.82) is 0 Å². The lowest BCUT2D eigenvalue weighted by Gasteiger charge is -2.68. The molecule has 0 radical (unpaired) electrons. The molecule has 1 amide bonds. The van der Waals surface area contributed by atoms with Crippen molar-refractivity contribution in [3.05, 3.63) is 119 Å². The molecule has 1 saturated heterocycles. The summed E-state index contributed by atoms with van der Waals surface area (Å²) in [6, 6.07) is 23.5. The number of aliphatic hydroxyl groups excluding tert-OH is 2. The lowest BCUT2D eigenvalue weighted by atomic mass is 9.42. The van der Waals surface area contributed by atoms with E-state index in [9.17, 15) is 34.5 Å². The third-order valence-corrected chi connectivity index (χ3v) is 13.6. The number of nitrogens with one attached hydrogen (secondary N) is 1. The van der Waals surface area contributed by atoms with Crippen LogP contribution in [0, 0.1) is 22.2 Å². The summed E-state index contributed by atoms with van der Waals surface area (Å²) >= 11 is 0. The van der Waals surface area contributed by atoms with Gasteiger partial charge in [0.05, 0.1) is 35.8 Å². The summed E-state index contributed by atoms with van der Waals surface area (Å²) < 4.78 is 24.4. The molecule has 2 unspecified atom stereocenters. The molecule has 7 rings (SSSR count). The molecule has 0 aromatic heterocycles. The SMILES string of the molecule is CC(=O)O[C@H]1C(=O)[C@@]2(C)C(C(OC(=O)c3ccccc3)[C@]3(O)C[C@H](OC(=O)[C@H](O)[C@@H](NC(=O)c4ccccc4)c4ccccc4)C(C)=C1C3(C)C)[C@]1(C)CO[C@@H]1C[C@@H]2O. The zero-order chi connectivity index (χ0) is 42.7. The Balaban J connectivity index is 1.36. The average molecular weight is 810 g/mol. The second-order valence-corrected chi connectivity index (χ2v) is 17.3. The van der Waals surface area contributed by atoms with Crippen LogP contribution < -0.4 is 5.32 Å². The summed E-state index contributed by atoms with van der Waals surface area (Å²) in [5.74, 6) is -5.13. The molecule has 2 bridgehead atoms. The van der Waals surface area contributed by atoms with Crippen LogP contribution >= 0.6 is 0 Å². The van der Waals surface area contributed by atoms with Crippen LogP contribution in [0.4, 0.5) is 0 Å². The Morgan fingerprint density at radius 1 is 0.847 bits per heavy atom. The molecule has 11 atom stereocenters. The molecule has 1 aliphatic heterocycles. The van der Waals surface area contributed by atoms with Crippen molar-refractivity contribution < 1.29 is 58.2 Å². The molecule has 59 heavy (non-hydrogen) atoms. The smallest absolute Gasteiger partial charge is 0.338 e.